The fourth-order valence-corrected chi connectivity index (χ4v) is 3.62. The number of aliphatic hydroxyl groups is 1. The molecular weight excluding hydrogens is 284 g/mol. The van der Waals surface area contributed by atoms with Crippen molar-refractivity contribution in [3.05, 3.63) is 28.3 Å². The van der Waals surface area contributed by atoms with E-state index in [9.17, 15) is 5.11 Å². The maximum absolute atomic E-state index is 9.56. The third-order valence-corrected chi connectivity index (χ3v) is 4.96. The van der Waals surface area contributed by atoms with E-state index in [1.165, 1.54) is 0 Å². The molecule has 1 atom stereocenters. The molecule has 2 aromatic rings. The van der Waals surface area contributed by atoms with Crippen molar-refractivity contribution in [2.75, 3.05) is 19.7 Å². The van der Waals surface area contributed by atoms with E-state index in [0.29, 0.717) is 5.89 Å². The first-order valence-corrected chi connectivity index (χ1v) is 8.36. The van der Waals surface area contributed by atoms with Crippen molar-refractivity contribution < 1.29 is 9.52 Å². The van der Waals surface area contributed by atoms with Gasteiger partial charge in [0.05, 0.1) is 5.69 Å². The number of nitrogens with zero attached hydrogens (tertiary/aromatic N) is 2. The Labute approximate surface area is 129 Å². The molecule has 3 rings (SSSR count). The van der Waals surface area contributed by atoms with Gasteiger partial charge in [0.15, 0.2) is 0 Å². The smallest absolute Gasteiger partial charge is 0.227 e. The highest BCUT2D eigenvalue weighted by molar-refractivity contribution is 7.08. The van der Waals surface area contributed by atoms with Gasteiger partial charge in [-0.1, -0.05) is 6.92 Å². The SMILES string of the molecule is Cc1oc(-c2ccsc2)nc1CN1CCCC(C)(CO)C1. The van der Waals surface area contributed by atoms with E-state index in [1.807, 2.05) is 18.4 Å². The van der Waals surface area contributed by atoms with E-state index < -0.39 is 0 Å². The Morgan fingerprint density at radius 2 is 2.38 bits per heavy atom. The van der Waals surface area contributed by atoms with Gasteiger partial charge in [-0.3, -0.25) is 4.90 Å². The van der Waals surface area contributed by atoms with Gasteiger partial charge in [-0.15, -0.1) is 0 Å². The van der Waals surface area contributed by atoms with E-state index in [-0.39, 0.29) is 12.0 Å². The molecule has 0 amide bonds. The summed E-state index contributed by atoms with van der Waals surface area (Å²) in [6, 6.07) is 2.03. The van der Waals surface area contributed by atoms with Crippen molar-refractivity contribution in [2.45, 2.75) is 33.2 Å². The van der Waals surface area contributed by atoms with Gasteiger partial charge in [0.2, 0.25) is 5.89 Å². The number of piperidine rings is 1. The summed E-state index contributed by atoms with van der Waals surface area (Å²) in [7, 11) is 0. The van der Waals surface area contributed by atoms with Gasteiger partial charge in [0.1, 0.15) is 5.76 Å². The Bertz CT molecular complexity index is 593. The van der Waals surface area contributed by atoms with Gasteiger partial charge in [0, 0.05) is 36.1 Å². The van der Waals surface area contributed by atoms with Crippen LogP contribution in [0.15, 0.2) is 21.2 Å². The zero-order valence-electron chi connectivity index (χ0n) is 12.6. The first-order chi connectivity index (χ1) is 10.1. The van der Waals surface area contributed by atoms with Crippen LogP contribution < -0.4 is 0 Å². The number of thiophene rings is 1. The summed E-state index contributed by atoms with van der Waals surface area (Å²) in [5.41, 5.74) is 2.08. The topological polar surface area (TPSA) is 49.5 Å². The van der Waals surface area contributed by atoms with Crippen LogP contribution in [-0.4, -0.2) is 34.7 Å². The molecular formula is C16H22N2O2S. The molecule has 4 nitrogen and oxygen atoms in total. The lowest BCUT2D eigenvalue weighted by molar-refractivity contribution is 0.0422. The minimum atomic E-state index is 0.0199. The monoisotopic (exact) mass is 306 g/mol. The first kappa shape index (κ1) is 14.8. The van der Waals surface area contributed by atoms with E-state index in [0.717, 1.165) is 49.5 Å². The molecule has 5 heteroatoms. The van der Waals surface area contributed by atoms with Crippen LogP contribution in [0, 0.1) is 12.3 Å². The largest absolute Gasteiger partial charge is 0.441 e. The zero-order chi connectivity index (χ0) is 14.9. The molecule has 0 aliphatic carbocycles. The third kappa shape index (κ3) is 3.20. The molecule has 1 saturated heterocycles. The maximum atomic E-state index is 9.56. The summed E-state index contributed by atoms with van der Waals surface area (Å²) in [5.74, 6) is 1.61. The first-order valence-electron chi connectivity index (χ1n) is 7.42. The van der Waals surface area contributed by atoms with Gasteiger partial charge in [0.25, 0.3) is 0 Å². The zero-order valence-corrected chi connectivity index (χ0v) is 13.4. The second-order valence-corrected chi connectivity index (χ2v) is 7.10. The summed E-state index contributed by atoms with van der Waals surface area (Å²) < 4.78 is 5.80. The van der Waals surface area contributed by atoms with Crippen molar-refractivity contribution in [3.8, 4) is 11.5 Å². The van der Waals surface area contributed by atoms with Crippen LogP contribution in [-0.2, 0) is 6.54 Å². The van der Waals surface area contributed by atoms with E-state index in [1.54, 1.807) is 11.3 Å². The highest BCUT2D eigenvalue weighted by Gasteiger charge is 2.31. The molecule has 21 heavy (non-hydrogen) atoms. The number of likely N-dealkylation sites (tertiary alicyclic amines) is 1. The molecule has 0 spiro atoms. The van der Waals surface area contributed by atoms with Crippen molar-refractivity contribution >= 4 is 11.3 Å². The quantitative estimate of drug-likeness (QED) is 0.941. The fraction of sp³-hybridized carbons (Fsp3) is 0.562. The van der Waals surface area contributed by atoms with Crippen molar-refractivity contribution in [1.82, 2.24) is 9.88 Å². The number of hydrogen-bond donors (Lipinski definition) is 1. The molecule has 0 aromatic carbocycles. The molecule has 1 N–H and O–H groups in total. The summed E-state index contributed by atoms with van der Waals surface area (Å²) in [6.45, 7) is 7.18. The minimum absolute atomic E-state index is 0.0199. The van der Waals surface area contributed by atoms with E-state index in [2.05, 4.69) is 22.2 Å². The summed E-state index contributed by atoms with van der Waals surface area (Å²) in [6.07, 6.45) is 2.23. The Balaban J connectivity index is 1.73. The molecule has 3 heterocycles. The number of aryl methyl sites for hydroxylation is 1. The lowest BCUT2D eigenvalue weighted by Gasteiger charge is -2.39. The molecule has 0 saturated carbocycles. The average molecular weight is 306 g/mol. The van der Waals surface area contributed by atoms with Crippen LogP contribution in [0.3, 0.4) is 0 Å². The Morgan fingerprint density at radius 1 is 1.52 bits per heavy atom. The molecule has 1 aliphatic rings. The van der Waals surface area contributed by atoms with Crippen LogP contribution >= 0.6 is 11.3 Å². The van der Waals surface area contributed by atoms with Gasteiger partial charge < -0.3 is 9.52 Å². The van der Waals surface area contributed by atoms with Crippen LogP contribution in [0.2, 0.25) is 0 Å². The maximum Gasteiger partial charge on any atom is 0.227 e. The second-order valence-electron chi connectivity index (χ2n) is 6.32. The number of aromatic nitrogens is 1. The van der Waals surface area contributed by atoms with Crippen LogP contribution in [0.4, 0.5) is 0 Å². The minimum Gasteiger partial charge on any atom is -0.441 e. The molecule has 114 valence electrons. The van der Waals surface area contributed by atoms with Gasteiger partial charge in [-0.2, -0.15) is 11.3 Å². The van der Waals surface area contributed by atoms with Crippen molar-refractivity contribution in [1.29, 1.82) is 0 Å². The van der Waals surface area contributed by atoms with Gasteiger partial charge >= 0.3 is 0 Å². The Hall–Kier alpha value is -1.17. The lowest BCUT2D eigenvalue weighted by Crippen LogP contribution is -2.43. The van der Waals surface area contributed by atoms with Crippen molar-refractivity contribution in [2.24, 2.45) is 5.41 Å². The second kappa shape index (κ2) is 5.91. The highest BCUT2D eigenvalue weighted by atomic mass is 32.1. The fourth-order valence-electron chi connectivity index (χ4n) is 2.99. The predicted molar refractivity (Wildman–Crippen MR) is 84.3 cm³/mol. The Morgan fingerprint density at radius 3 is 3.10 bits per heavy atom. The molecule has 1 unspecified atom stereocenters. The molecule has 2 aromatic heterocycles. The summed E-state index contributed by atoms with van der Waals surface area (Å²) in [4.78, 5) is 7.03. The van der Waals surface area contributed by atoms with E-state index >= 15 is 0 Å². The van der Waals surface area contributed by atoms with Crippen LogP contribution in [0.25, 0.3) is 11.5 Å². The normalized spacial score (nSPS) is 23.6. The standard InChI is InChI=1S/C16H22N2O2S/c1-12-14(17-15(20-12)13-4-7-21-9-13)8-18-6-3-5-16(2,10-18)11-19/h4,7,9,19H,3,5-6,8,10-11H2,1-2H3. The third-order valence-electron chi connectivity index (χ3n) is 4.28. The van der Waals surface area contributed by atoms with Gasteiger partial charge in [-0.25, -0.2) is 4.98 Å². The number of oxazole rings is 1. The predicted octanol–water partition coefficient (Wildman–Crippen LogP) is 3.31. The average Bonchev–Trinajstić information content (AvgIpc) is 3.10. The molecule has 0 radical (unpaired) electrons. The van der Waals surface area contributed by atoms with Crippen molar-refractivity contribution in [3.63, 3.8) is 0 Å². The molecule has 0 bridgehead atoms. The summed E-state index contributed by atoms with van der Waals surface area (Å²) >= 11 is 1.65. The van der Waals surface area contributed by atoms with Gasteiger partial charge in [-0.05, 0) is 37.8 Å². The molecule has 1 fully saturated rings. The van der Waals surface area contributed by atoms with Crippen LogP contribution in [0.1, 0.15) is 31.2 Å². The lowest BCUT2D eigenvalue weighted by atomic mass is 9.83. The highest BCUT2D eigenvalue weighted by Crippen LogP contribution is 2.30. The number of hydrogen-bond acceptors (Lipinski definition) is 5. The van der Waals surface area contributed by atoms with Crippen LogP contribution in [0.5, 0.6) is 0 Å². The van der Waals surface area contributed by atoms with E-state index in [4.69, 9.17) is 4.42 Å². The molecule has 1 aliphatic heterocycles. The number of aliphatic hydroxyl groups excluding tert-OH is 1. The summed E-state index contributed by atoms with van der Waals surface area (Å²) in [5, 5.41) is 13.6. The number of rotatable bonds is 4. The Kier molecular flexibility index (Phi) is 4.15.